The van der Waals surface area contributed by atoms with Gasteiger partial charge in [0.05, 0.1) is 34.4 Å². The van der Waals surface area contributed by atoms with Gasteiger partial charge in [-0.2, -0.15) is 0 Å². The van der Waals surface area contributed by atoms with E-state index in [1.807, 2.05) is 21.1 Å². The fourth-order valence-corrected chi connectivity index (χ4v) is 8.18. The molecule has 388 valence electrons. The minimum atomic E-state index is -0.877. The number of carboxylic acid groups (broad SMARTS) is 1. The normalized spacial score (nSPS) is 13.3. The summed E-state index contributed by atoms with van der Waals surface area (Å²) >= 11 is 0. The van der Waals surface area contributed by atoms with Crippen LogP contribution >= 0.6 is 0 Å². The molecule has 8 nitrogen and oxygen atoms in total. The lowest BCUT2D eigenvalue weighted by atomic mass is 10.0. The minimum absolute atomic E-state index is 0.0533. The lowest BCUT2D eigenvalue weighted by molar-refractivity contribution is -0.887. The fraction of sp³-hybridized carbons (Fsp3) is 0.780. The number of nitrogens with zero attached hydrogens (tertiary/aromatic N) is 1. The summed E-state index contributed by atoms with van der Waals surface area (Å²) in [6.07, 6.45) is 62.8. The number of carbonyl (C=O) groups excluding carboxylic acids is 2. The van der Waals surface area contributed by atoms with Gasteiger partial charge in [0, 0.05) is 19.3 Å². The Kier molecular flexibility index (Phi) is 47.3. The van der Waals surface area contributed by atoms with Gasteiger partial charge in [-0.1, -0.05) is 229 Å². The van der Waals surface area contributed by atoms with Crippen molar-refractivity contribution in [3.05, 3.63) is 60.8 Å². The molecule has 0 bridgehead atoms. The van der Waals surface area contributed by atoms with Crippen LogP contribution in [0.3, 0.4) is 0 Å². The predicted octanol–water partition coefficient (Wildman–Crippen LogP) is 16.5. The molecular formula is C59H106NO7+. The van der Waals surface area contributed by atoms with E-state index in [-0.39, 0.29) is 36.2 Å². The fourth-order valence-electron chi connectivity index (χ4n) is 8.18. The molecule has 0 aliphatic heterocycles. The number of ether oxygens (including phenoxy) is 3. The molecule has 0 aliphatic rings. The monoisotopic (exact) mass is 941 g/mol. The minimum Gasteiger partial charge on any atom is -0.477 e. The highest BCUT2D eigenvalue weighted by Crippen LogP contribution is 2.17. The molecule has 0 radical (unpaired) electrons. The van der Waals surface area contributed by atoms with Crippen molar-refractivity contribution in [1.82, 2.24) is 0 Å². The van der Waals surface area contributed by atoms with E-state index in [0.29, 0.717) is 19.3 Å². The van der Waals surface area contributed by atoms with Crippen molar-refractivity contribution in [2.75, 3.05) is 41.0 Å². The van der Waals surface area contributed by atoms with Gasteiger partial charge >= 0.3 is 17.9 Å². The van der Waals surface area contributed by atoms with Gasteiger partial charge in [-0.3, -0.25) is 9.59 Å². The molecule has 1 N–H and O–H groups in total. The van der Waals surface area contributed by atoms with Crippen LogP contribution in [-0.4, -0.2) is 80.6 Å². The highest BCUT2D eigenvalue weighted by molar-refractivity contribution is 5.72. The summed E-state index contributed by atoms with van der Waals surface area (Å²) in [6, 6.07) is -0.621. The van der Waals surface area contributed by atoms with E-state index < -0.39 is 18.1 Å². The molecule has 2 atom stereocenters. The Balaban J connectivity index is 4.21. The Bertz CT molecular complexity index is 1280. The molecular weight excluding hydrogens is 835 g/mol. The number of hydrogen-bond donors (Lipinski definition) is 1. The molecule has 0 saturated carbocycles. The highest BCUT2D eigenvalue weighted by atomic mass is 16.6. The van der Waals surface area contributed by atoms with Gasteiger partial charge in [-0.15, -0.1) is 0 Å². The molecule has 0 rings (SSSR count). The van der Waals surface area contributed by atoms with Crippen molar-refractivity contribution >= 4 is 17.9 Å². The number of aliphatic carboxylic acids is 1. The van der Waals surface area contributed by atoms with Crippen LogP contribution < -0.4 is 0 Å². The van der Waals surface area contributed by atoms with Crippen LogP contribution in [0.25, 0.3) is 0 Å². The molecule has 0 aromatic heterocycles. The van der Waals surface area contributed by atoms with E-state index >= 15 is 0 Å². The van der Waals surface area contributed by atoms with Gasteiger partial charge < -0.3 is 23.8 Å². The van der Waals surface area contributed by atoms with Gasteiger partial charge in [-0.25, -0.2) is 4.79 Å². The smallest absolute Gasteiger partial charge is 0.362 e. The van der Waals surface area contributed by atoms with Crippen LogP contribution in [0.5, 0.6) is 0 Å². The van der Waals surface area contributed by atoms with Crippen LogP contribution in [0.15, 0.2) is 60.8 Å². The molecule has 0 amide bonds. The van der Waals surface area contributed by atoms with Crippen LogP contribution in [0.1, 0.15) is 245 Å². The van der Waals surface area contributed by atoms with E-state index in [4.69, 9.17) is 14.2 Å². The molecule has 0 aromatic carbocycles. The number of quaternary nitrogens is 1. The zero-order valence-corrected chi connectivity index (χ0v) is 44.3. The number of carboxylic acids is 1. The first-order valence-corrected chi connectivity index (χ1v) is 27.8. The molecule has 0 aromatic rings. The SMILES string of the molecule is CC/C=C/C/C=C/C/C=C/C/C=C/C/C=C/CCCCCCC(=O)OCC(COCCC(C(=O)O)[N+](C)(C)C)OC(=O)CCCCCCCCCCCCCCCCCCCCCCCCC. The van der Waals surface area contributed by atoms with Gasteiger partial charge in [0.1, 0.15) is 6.61 Å². The summed E-state index contributed by atoms with van der Waals surface area (Å²) in [7, 11) is 5.53. The summed E-state index contributed by atoms with van der Waals surface area (Å²) < 4.78 is 17.4. The zero-order valence-electron chi connectivity index (χ0n) is 44.3. The average molecular weight is 941 g/mol. The molecule has 0 saturated heterocycles. The Morgan fingerprint density at radius 3 is 1.24 bits per heavy atom. The maximum Gasteiger partial charge on any atom is 0.362 e. The zero-order chi connectivity index (χ0) is 49.2. The van der Waals surface area contributed by atoms with Crippen LogP contribution in [0.2, 0.25) is 0 Å². The number of carbonyl (C=O) groups is 3. The number of unbranched alkanes of at least 4 members (excludes halogenated alkanes) is 26. The van der Waals surface area contributed by atoms with E-state index in [0.717, 1.165) is 83.5 Å². The Labute approximate surface area is 413 Å². The van der Waals surface area contributed by atoms with Crippen LogP contribution in [0, 0.1) is 0 Å². The quantitative estimate of drug-likeness (QED) is 0.0281. The Morgan fingerprint density at radius 1 is 0.463 bits per heavy atom. The first-order chi connectivity index (χ1) is 32.6. The van der Waals surface area contributed by atoms with Crippen molar-refractivity contribution in [3.63, 3.8) is 0 Å². The highest BCUT2D eigenvalue weighted by Gasteiger charge is 2.31. The predicted molar refractivity (Wildman–Crippen MR) is 284 cm³/mol. The van der Waals surface area contributed by atoms with E-state index in [2.05, 4.69) is 74.6 Å². The lowest BCUT2D eigenvalue weighted by Gasteiger charge is -2.31. The topological polar surface area (TPSA) is 99.1 Å². The summed E-state index contributed by atoms with van der Waals surface area (Å²) in [5.74, 6) is -1.49. The number of hydrogen-bond acceptors (Lipinski definition) is 6. The van der Waals surface area contributed by atoms with Gasteiger partial charge in [0.2, 0.25) is 0 Å². The van der Waals surface area contributed by atoms with Crippen molar-refractivity contribution < 1.29 is 38.2 Å². The Morgan fingerprint density at radius 2 is 0.836 bits per heavy atom. The van der Waals surface area contributed by atoms with Gasteiger partial charge in [-0.05, 0) is 57.8 Å². The number of esters is 2. The summed E-state index contributed by atoms with van der Waals surface area (Å²) in [5.41, 5.74) is 0. The molecule has 8 heteroatoms. The second-order valence-electron chi connectivity index (χ2n) is 19.8. The lowest BCUT2D eigenvalue weighted by Crippen LogP contribution is -2.50. The third-order valence-corrected chi connectivity index (χ3v) is 12.4. The Hall–Kier alpha value is -2.97. The molecule has 0 spiro atoms. The average Bonchev–Trinajstić information content (AvgIpc) is 3.29. The van der Waals surface area contributed by atoms with Crippen molar-refractivity contribution in [2.24, 2.45) is 0 Å². The maximum absolute atomic E-state index is 12.8. The first-order valence-electron chi connectivity index (χ1n) is 27.8. The van der Waals surface area contributed by atoms with Crippen molar-refractivity contribution in [3.8, 4) is 0 Å². The van der Waals surface area contributed by atoms with E-state index in [1.165, 1.54) is 128 Å². The molecule has 0 heterocycles. The molecule has 0 aliphatic carbocycles. The van der Waals surface area contributed by atoms with E-state index in [1.54, 1.807) is 0 Å². The number of allylic oxidation sites excluding steroid dienone is 10. The summed E-state index contributed by atoms with van der Waals surface area (Å²) in [4.78, 5) is 37.2. The van der Waals surface area contributed by atoms with E-state index in [9.17, 15) is 19.5 Å². The molecule has 0 fully saturated rings. The third kappa shape index (κ3) is 47.9. The molecule has 67 heavy (non-hydrogen) atoms. The van der Waals surface area contributed by atoms with Crippen molar-refractivity contribution in [2.45, 2.75) is 257 Å². The number of likely N-dealkylation sites (N-methyl/N-ethyl adjacent to an activating group) is 1. The third-order valence-electron chi connectivity index (χ3n) is 12.4. The largest absolute Gasteiger partial charge is 0.477 e. The van der Waals surface area contributed by atoms with Crippen LogP contribution in [0.4, 0.5) is 0 Å². The van der Waals surface area contributed by atoms with Gasteiger partial charge in [0.25, 0.3) is 0 Å². The first kappa shape index (κ1) is 64.0. The molecule has 2 unspecified atom stereocenters. The standard InChI is InChI=1S/C59H105NO7/c1-6-8-10-12-14-16-18-20-22-24-26-28-29-30-32-34-36-38-40-42-44-46-48-50-58(62)67-55(53-65-52-51-56(59(63)64)60(3,4)5)54-66-57(61)49-47-45-43-41-39-37-35-33-31-27-25-23-21-19-17-15-13-11-9-7-2/h9,11,15,17,21,23,27,31,35,37,55-56H,6-8,10,12-14,16,18-20,22,24-26,28-30,32-34,36,38-54H2,1-5H3/p+1/b11-9+,17-15+,23-21+,31-27+,37-35+. The second kappa shape index (κ2) is 49.5. The number of rotatable bonds is 50. The summed E-state index contributed by atoms with van der Waals surface area (Å²) in [6.45, 7) is 4.63. The summed E-state index contributed by atoms with van der Waals surface area (Å²) in [5, 5.41) is 9.67. The maximum atomic E-state index is 12.8. The van der Waals surface area contributed by atoms with Crippen LogP contribution in [-0.2, 0) is 28.6 Å². The van der Waals surface area contributed by atoms with Gasteiger partial charge in [0.15, 0.2) is 12.1 Å². The second-order valence-corrected chi connectivity index (χ2v) is 19.8. The van der Waals surface area contributed by atoms with Crippen molar-refractivity contribution in [1.29, 1.82) is 0 Å².